The minimum absolute atomic E-state index is 0.0408. The van der Waals surface area contributed by atoms with Crippen LogP contribution in [0.4, 0.5) is 0 Å². The van der Waals surface area contributed by atoms with Gasteiger partial charge >= 0.3 is 5.97 Å². The lowest BCUT2D eigenvalue weighted by atomic mass is 9.85. The third-order valence-electron chi connectivity index (χ3n) is 4.25. The second-order valence-electron chi connectivity index (χ2n) is 6.01. The maximum absolute atomic E-state index is 12.0. The number of ether oxygens (including phenoxy) is 2. The first kappa shape index (κ1) is 19.1. The summed E-state index contributed by atoms with van der Waals surface area (Å²) in [5.41, 5.74) is 0. The molecule has 138 valence electrons. The lowest BCUT2D eigenvalue weighted by Crippen LogP contribution is -2.55. The standard InChI is InChI=1S/C18H26N2O5/c1-3-20(11-18(22)23)14-9-13(10-14)19-17(21)12-25-16-8-6-5-7-15(16)24-4-2/h5-8,13-14H,3-4,9-12H2,1-2H3,(H,19,21)(H,22,23). The predicted molar refractivity (Wildman–Crippen MR) is 92.9 cm³/mol. The number of hydrogen-bond donors (Lipinski definition) is 2. The Morgan fingerprint density at radius 1 is 1.20 bits per heavy atom. The molecule has 0 saturated heterocycles. The number of rotatable bonds is 10. The molecule has 2 N–H and O–H groups in total. The van der Waals surface area contributed by atoms with Gasteiger partial charge in [-0.3, -0.25) is 14.5 Å². The maximum Gasteiger partial charge on any atom is 0.317 e. The third-order valence-corrected chi connectivity index (χ3v) is 4.25. The van der Waals surface area contributed by atoms with Crippen LogP contribution in [-0.2, 0) is 9.59 Å². The number of para-hydroxylation sites is 2. The number of carbonyl (C=O) groups is 2. The van der Waals surface area contributed by atoms with Crippen LogP contribution in [-0.4, -0.2) is 60.3 Å². The van der Waals surface area contributed by atoms with Crippen molar-refractivity contribution in [3.63, 3.8) is 0 Å². The molecule has 0 radical (unpaired) electrons. The highest BCUT2D eigenvalue weighted by Gasteiger charge is 2.34. The van der Waals surface area contributed by atoms with E-state index in [4.69, 9.17) is 14.6 Å². The first-order valence-electron chi connectivity index (χ1n) is 8.63. The van der Waals surface area contributed by atoms with E-state index in [2.05, 4.69) is 5.32 Å². The van der Waals surface area contributed by atoms with Crippen LogP contribution in [0, 0.1) is 0 Å². The average Bonchev–Trinajstić information content (AvgIpc) is 2.55. The number of carboxylic acids is 1. The van der Waals surface area contributed by atoms with Crippen LogP contribution in [0.3, 0.4) is 0 Å². The molecule has 1 fully saturated rings. The Hall–Kier alpha value is -2.28. The summed E-state index contributed by atoms with van der Waals surface area (Å²) in [6, 6.07) is 7.53. The summed E-state index contributed by atoms with van der Waals surface area (Å²) in [4.78, 5) is 24.8. The lowest BCUT2D eigenvalue weighted by Gasteiger charge is -2.42. The van der Waals surface area contributed by atoms with Crippen molar-refractivity contribution >= 4 is 11.9 Å². The predicted octanol–water partition coefficient (Wildman–Crippen LogP) is 1.52. The summed E-state index contributed by atoms with van der Waals surface area (Å²) < 4.78 is 11.0. The molecular weight excluding hydrogens is 324 g/mol. The molecule has 0 aromatic heterocycles. The van der Waals surface area contributed by atoms with Crippen molar-refractivity contribution in [2.75, 3.05) is 26.3 Å². The van der Waals surface area contributed by atoms with Crippen molar-refractivity contribution in [3.05, 3.63) is 24.3 Å². The summed E-state index contributed by atoms with van der Waals surface area (Å²) in [5, 5.41) is 11.8. The number of carbonyl (C=O) groups excluding carboxylic acids is 1. The van der Waals surface area contributed by atoms with Gasteiger partial charge in [-0.1, -0.05) is 19.1 Å². The number of nitrogens with zero attached hydrogens (tertiary/aromatic N) is 1. The molecule has 7 nitrogen and oxygen atoms in total. The normalized spacial score (nSPS) is 19.2. The van der Waals surface area contributed by atoms with Crippen LogP contribution < -0.4 is 14.8 Å². The van der Waals surface area contributed by atoms with E-state index in [9.17, 15) is 9.59 Å². The second-order valence-corrected chi connectivity index (χ2v) is 6.01. The molecule has 0 aliphatic heterocycles. The molecule has 1 aromatic carbocycles. The minimum Gasteiger partial charge on any atom is -0.490 e. The van der Waals surface area contributed by atoms with E-state index in [-0.39, 0.29) is 31.1 Å². The summed E-state index contributed by atoms with van der Waals surface area (Å²) >= 11 is 0. The molecule has 25 heavy (non-hydrogen) atoms. The van der Waals surface area contributed by atoms with Gasteiger partial charge in [0.1, 0.15) is 0 Å². The van der Waals surface area contributed by atoms with Gasteiger partial charge in [-0.2, -0.15) is 0 Å². The van der Waals surface area contributed by atoms with Crippen molar-refractivity contribution in [2.45, 2.75) is 38.8 Å². The molecule has 1 aliphatic rings. The number of likely N-dealkylation sites (N-methyl/N-ethyl adjacent to an activating group) is 1. The fraction of sp³-hybridized carbons (Fsp3) is 0.556. The Morgan fingerprint density at radius 2 is 1.84 bits per heavy atom. The van der Waals surface area contributed by atoms with Gasteiger partial charge in [-0.05, 0) is 38.4 Å². The average molecular weight is 350 g/mol. The Balaban J connectivity index is 1.73. The van der Waals surface area contributed by atoms with Gasteiger partial charge in [0.15, 0.2) is 18.1 Å². The van der Waals surface area contributed by atoms with E-state index in [0.29, 0.717) is 24.7 Å². The molecule has 1 saturated carbocycles. The lowest BCUT2D eigenvalue weighted by molar-refractivity contribution is -0.139. The number of benzene rings is 1. The highest BCUT2D eigenvalue weighted by atomic mass is 16.5. The van der Waals surface area contributed by atoms with Crippen LogP contribution in [0.1, 0.15) is 26.7 Å². The number of carboxylic acid groups (broad SMARTS) is 1. The smallest absolute Gasteiger partial charge is 0.317 e. The van der Waals surface area contributed by atoms with Gasteiger partial charge < -0.3 is 19.9 Å². The van der Waals surface area contributed by atoms with Gasteiger partial charge in [0.05, 0.1) is 13.2 Å². The summed E-state index contributed by atoms with van der Waals surface area (Å²) in [6.07, 6.45) is 1.53. The van der Waals surface area contributed by atoms with Crippen molar-refractivity contribution in [1.82, 2.24) is 10.2 Å². The van der Waals surface area contributed by atoms with Gasteiger partial charge in [0, 0.05) is 12.1 Å². The monoisotopic (exact) mass is 350 g/mol. The third kappa shape index (κ3) is 5.63. The van der Waals surface area contributed by atoms with E-state index in [1.54, 1.807) is 12.1 Å². The molecule has 0 unspecified atom stereocenters. The zero-order chi connectivity index (χ0) is 18.2. The summed E-state index contributed by atoms with van der Waals surface area (Å²) in [7, 11) is 0. The maximum atomic E-state index is 12.0. The van der Waals surface area contributed by atoms with E-state index < -0.39 is 5.97 Å². The number of hydrogen-bond acceptors (Lipinski definition) is 5. The fourth-order valence-electron chi connectivity index (χ4n) is 2.93. The summed E-state index contributed by atoms with van der Waals surface area (Å²) in [5.74, 6) is 0.158. The van der Waals surface area contributed by atoms with Crippen LogP contribution in [0.25, 0.3) is 0 Å². The van der Waals surface area contributed by atoms with E-state index in [1.165, 1.54) is 0 Å². The van der Waals surface area contributed by atoms with E-state index in [0.717, 1.165) is 12.8 Å². The van der Waals surface area contributed by atoms with Crippen LogP contribution in [0.2, 0.25) is 0 Å². The topological polar surface area (TPSA) is 88.1 Å². The summed E-state index contributed by atoms with van der Waals surface area (Å²) in [6.45, 7) is 5.02. The molecule has 0 bridgehead atoms. The Bertz CT molecular complexity index is 587. The Morgan fingerprint density at radius 3 is 2.40 bits per heavy atom. The number of aliphatic carboxylic acids is 1. The van der Waals surface area contributed by atoms with Crippen LogP contribution in [0.15, 0.2) is 24.3 Å². The second kappa shape index (κ2) is 9.27. The first-order valence-corrected chi connectivity index (χ1v) is 8.63. The molecule has 1 amide bonds. The molecular formula is C18H26N2O5. The number of amides is 1. The van der Waals surface area contributed by atoms with E-state index in [1.807, 2.05) is 30.9 Å². The highest BCUT2D eigenvalue weighted by Crippen LogP contribution is 2.27. The van der Waals surface area contributed by atoms with Crippen LogP contribution >= 0.6 is 0 Å². The molecule has 0 spiro atoms. The largest absolute Gasteiger partial charge is 0.490 e. The molecule has 7 heteroatoms. The Labute approximate surface area is 147 Å². The minimum atomic E-state index is -0.823. The molecule has 1 aromatic rings. The van der Waals surface area contributed by atoms with Gasteiger partial charge in [0.2, 0.25) is 0 Å². The van der Waals surface area contributed by atoms with Crippen molar-refractivity contribution in [3.8, 4) is 11.5 Å². The molecule has 2 rings (SSSR count). The van der Waals surface area contributed by atoms with Gasteiger partial charge in [-0.15, -0.1) is 0 Å². The molecule has 0 heterocycles. The van der Waals surface area contributed by atoms with Gasteiger partial charge in [0.25, 0.3) is 5.91 Å². The van der Waals surface area contributed by atoms with Gasteiger partial charge in [-0.25, -0.2) is 0 Å². The highest BCUT2D eigenvalue weighted by molar-refractivity contribution is 5.78. The SMILES string of the molecule is CCOc1ccccc1OCC(=O)NC1CC(N(CC)CC(=O)O)C1. The van der Waals surface area contributed by atoms with Crippen molar-refractivity contribution < 1.29 is 24.2 Å². The number of nitrogens with one attached hydrogen (secondary N) is 1. The molecule has 0 atom stereocenters. The van der Waals surface area contributed by atoms with Crippen molar-refractivity contribution in [1.29, 1.82) is 0 Å². The zero-order valence-corrected chi connectivity index (χ0v) is 14.7. The molecule has 1 aliphatic carbocycles. The zero-order valence-electron chi connectivity index (χ0n) is 14.7. The quantitative estimate of drug-likeness (QED) is 0.665. The van der Waals surface area contributed by atoms with Crippen LogP contribution in [0.5, 0.6) is 11.5 Å². The van der Waals surface area contributed by atoms with Crippen molar-refractivity contribution in [2.24, 2.45) is 0 Å². The fourth-order valence-corrected chi connectivity index (χ4v) is 2.93. The Kier molecular flexibility index (Phi) is 7.06. The van der Waals surface area contributed by atoms with E-state index >= 15 is 0 Å². The first-order chi connectivity index (χ1) is 12.0.